The summed E-state index contributed by atoms with van der Waals surface area (Å²) in [5, 5.41) is 7.73. The summed E-state index contributed by atoms with van der Waals surface area (Å²) >= 11 is 0. The van der Waals surface area contributed by atoms with Crippen LogP contribution in [0.1, 0.15) is 0 Å². The quantitative estimate of drug-likeness (QED) is 0.182. The van der Waals surface area contributed by atoms with E-state index in [9.17, 15) is 0 Å². The van der Waals surface area contributed by atoms with Crippen LogP contribution in [0.5, 0.6) is 0 Å². The highest BCUT2D eigenvalue weighted by Gasteiger charge is 2.12. The summed E-state index contributed by atoms with van der Waals surface area (Å²) in [5.41, 5.74) is 10.1. The number of rotatable bonds is 5. The Kier molecular flexibility index (Phi) is 6.80. The van der Waals surface area contributed by atoms with Crippen LogP contribution in [-0.2, 0) is 0 Å². The minimum atomic E-state index is 0.815. The monoisotopic (exact) mass is 611 g/mol. The molecule has 0 saturated heterocycles. The third kappa shape index (κ3) is 4.99. The van der Waals surface area contributed by atoms with Gasteiger partial charge in [-0.2, -0.15) is 0 Å². The highest BCUT2D eigenvalue weighted by Crippen LogP contribution is 2.37. The Labute approximate surface area is 278 Å². The van der Waals surface area contributed by atoms with Crippen molar-refractivity contribution in [2.45, 2.75) is 0 Å². The number of hydrogen-bond acceptors (Lipinski definition) is 3. The van der Waals surface area contributed by atoms with E-state index in [1.165, 1.54) is 43.4 Å². The first kappa shape index (κ1) is 27.8. The Balaban J connectivity index is 1.05. The summed E-state index contributed by atoms with van der Waals surface area (Å²) in [6.07, 6.45) is 3.74. The SMILES string of the molecule is c1ccc(-c2cc(-c3ccccn3)nc(-c3ccc(-c4ccc(-c5ccc6c7ccccc7c7ccccc7c6c5)cc4)cn3)c2)cc1. The van der Waals surface area contributed by atoms with Gasteiger partial charge in [-0.05, 0) is 96.5 Å². The van der Waals surface area contributed by atoms with Gasteiger partial charge in [0.15, 0.2) is 0 Å². The van der Waals surface area contributed by atoms with Crippen molar-refractivity contribution >= 4 is 32.3 Å². The van der Waals surface area contributed by atoms with Gasteiger partial charge in [0.1, 0.15) is 0 Å². The highest BCUT2D eigenvalue weighted by atomic mass is 14.8. The second-order valence-electron chi connectivity index (χ2n) is 12.1. The second kappa shape index (κ2) is 11.7. The normalized spacial score (nSPS) is 11.3. The third-order valence-electron chi connectivity index (χ3n) is 9.18. The zero-order valence-electron chi connectivity index (χ0n) is 26.1. The first-order valence-corrected chi connectivity index (χ1v) is 16.2. The molecule has 3 aromatic heterocycles. The van der Waals surface area contributed by atoms with E-state index in [-0.39, 0.29) is 0 Å². The molecule has 0 N–H and O–H groups in total. The van der Waals surface area contributed by atoms with E-state index in [4.69, 9.17) is 9.97 Å². The fraction of sp³-hybridized carbons (Fsp3) is 0. The minimum Gasteiger partial charge on any atom is -0.255 e. The molecule has 48 heavy (non-hydrogen) atoms. The molecule has 0 aliphatic heterocycles. The van der Waals surface area contributed by atoms with Crippen LogP contribution in [0.4, 0.5) is 0 Å². The van der Waals surface area contributed by atoms with Crippen LogP contribution in [0.15, 0.2) is 176 Å². The Morgan fingerprint density at radius 2 is 0.771 bits per heavy atom. The zero-order valence-corrected chi connectivity index (χ0v) is 26.1. The van der Waals surface area contributed by atoms with Gasteiger partial charge < -0.3 is 0 Å². The van der Waals surface area contributed by atoms with E-state index in [1.807, 2.05) is 30.5 Å². The van der Waals surface area contributed by atoms with Gasteiger partial charge in [-0.3, -0.25) is 9.97 Å². The summed E-state index contributed by atoms with van der Waals surface area (Å²) in [5.74, 6) is 0. The smallest absolute Gasteiger partial charge is 0.0900 e. The molecule has 3 heterocycles. The molecular weight excluding hydrogens is 583 g/mol. The van der Waals surface area contributed by atoms with Crippen molar-refractivity contribution in [3.05, 3.63) is 176 Å². The molecule has 0 saturated carbocycles. The Morgan fingerprint density at radius 3 is 1.38 bits per heavy atom. The van der Waals surface area contributed by atoms with Gasteiger partial charge in [0.25, 0.3) is 0 Å². The van der Waals surface area contributed by atoms with E-state index >= 15 is 0 Å². The molecule has 3 heteroatoms. The van der Waals surface area contributed by atoms with E-state index in [1.54, 1.807) is 6.20 Å². The Hall–Kier alpha value is -6.45. The van der Waals surface area contributed by atoms with Gasteiger partial charge in [0, 0.05) is 18.0 Å². The molecule has 6 aromatic carbocycles. The topological polar surface area (TPSA) is 38.7 Å². The number of benzene rings is 6. The molecule has 0 aliphatic carbocycles. The maximum absolute atomic E-state index is 4.98. The summed E-state index contributed by atoms with van der Waals surface area (Å²) in [6.45, 7) is 0. The summed E-state index contributed by atoms with van der Waals surface area (Å²) in [7, 11) is 0. The van der Waals surface area contributed by atoms with Crippen molar-refractivity contribution in [3.8, 4) is 56.2 Å². The fourth-order valence-electron chi connectivity index (χ4n) is 6.76. The molecular formula is C45H29N3. The lowest BCUT2D eigenvalue weighted by Crippen LogP contribution is -1.94. The van der Waals surface area contributed by atoms with Crippen molar-refractivity contribution in [1.82, 2.24) is 15.0 Å². The summed E-state index contributed by atoms with van der Waals surface area (Å²) in [6, 6.07) is 57.7. The van der Waals surface area contributed by atoms with Gasteiger partial charge in [0.2, 0.25) is 0 Å². The van der Waals surface area contributed by atoms with Crippen molar-refractivity contribution < 1.29 is 0 Å². The molecule has 3 nitrogen and oxygen atoms in total. The van der Waals surface area contributed by atoms with Gasteiger partial charge in [-0.15, -0.1) is 0 Å². The van der Waals surface area contributed by atoms with Crippen molar-refractivity contribution in [1.29, 1.82) is 0 Å². The van der Waals surface area contributed by atoms with Crippen LogP contribution in [0.2, 0.25) is 0 Å². The van der Waals surface area contributed by atoms with E-state index in [2.05, 4.69) is 145 Å². The molecule has 0 fully saturated rings. The zero-order chi connectivity index (χ0) is 31.9. The number of hydrogen-bond donors (Lipinski definition) is 0. The summed E-state index contributed by atoms with van der Waals surface area (Å²) < 4.78 is 0. The molecule has 0 unspecified atom stereocenters. The lowest BCUT2D eigenvalue weighted by molar-refractivity contribution is 1.22. The van der Waals surface area contributed by atoms with Crippen molar-refractivity contribution in [2.24, 2.45) is 0 Å². The predicted molar refractivity (Wildman–Crippen MR) is 200 cm³/mol. The lowest BCUT2D eigenvalue weighted by Gasteiger charge is -2.12. The van der Waals surface area contributed by atoms with Gasteiger partial charge >= 0.3 is 0 Å². The van der Waals surface area contributed by atoms with Gasteiger partial charge in [-0.25, -0.2) is 4.98 Å². The van der Waals surface area contributed by atoms with Gasteiger partial charge in [-0.1, -0.05) is 127 Å². The van der Waals surface area contributed by atoms with Crippen molar-refractivity contribution in [2.75, 3.05) is 0 Å². The largest absolute Gasteiger partial charge is 0.255 e. The average Bonchev–Trinajstić information content (AvgIpc) is 3.18. The molecule has 224 valence electrons. The molecule has 0 bridgehead atoms. The van der Waals surface area contributed by atoms with Crippen LogP contribution in [0, 0.1) is 0 Å². The van der Waals surface area contributed by atoms with Crippen LogP contribution in [0.3, 0.4) is 0 Å². The molecule has 9 aromatic rings. The average molecular weight is 612 g/mol. The van der Waals surface area contributed by atoms with E-state index in [0.717, 1.165) is 45.0 Å². The predicted octanol–water partition coefficient (Wildman–Crippen LogP) is 11.7. The van der Waals surface area contributed by atoms with E-state index < -0.39 is 0 Å². The van der Waals surface area contributed by atoms with Crippen LogP contribution in [-0.4, -0.2) is 15.0 Å². The lowest BCUT2D eigenvalue weighted by atomic mass is 9.92. The second-order valence-corrected chi connectivity index (χ2v) is 12.1. The minimum absolute atomic E-state index is 0.815. The third-order valence-corrected chi connectivity index (χ3v) is 9.18. The number of fused-ring (bicyclic) bond motifs is 6. The van der Waals surface area contributed by atoms with Crippen LogP contribution >= 0.6 is 0 Å². The molecule has 0 aliphatic rings. The molecule has 0 spiro atoms. The molecule has 0 atom stereocenters. The maximum atomic E-state index is 4.98. The molecule has 0 amide bonds. The Bertz CT molecular complexity index is 2480. The van der Waals surface area contributed by atoms with Crippen LogP contribution in [0.25, 0.3) is 88.5 Å². The first-order chi connectivity index (χ1) is 23.8. The number of aromatic nitrogens is 3. The van der Waals surface area contributed by atoms with Crippen molar-refractivity contribution in [3.63, 3.8) is 0 Å². The van der Waals surface area contributed by atoms with Gasteiger partial charge in [0.05, 0.1) is 22.8 Å². The Morgan fingerprint density at radius 1 is 0.271 bits per heavy atom. The summed E-state index contributed by atoms with van der Waals surface area (Å²) in [4.78, 5) is 14.4. The maximum Gasteiger partial charge on any atom is 0.0900 e. The van der Waals surface area contributed by atoms with Crippen LogP contribution < -0.4 is 0 Å². The fourth-order valence-corrected chi connectivity index (χ4v) is 6.76. The standard InChI is InChI=1S/C45H29N3/c1-2-10-30(11-3-1)35-27-44(42-16-8-9-25-46-42)48-45(28-35)43-24-22-34(29-47-43)32-19-17-31(18-20-32)33-21-23-40-38-14-5-4-12-36(38)37-13-6-7-15-39(37)41(40)26-33/h1-29H. The first-order valence-electron chi connectivity index (χ1n) is 16.2. The molecule has 0 radical (unpaired) electrons. The van der Waals surface area contributed by atoms with E-state index in [0.29, 0.717) is 0 Å². The molecule has 9 rings (SSSR count). The highest BCUT2D eigenvalue weighted by molar-refractivity contribution is 6.25. The number of pyridine rings is 3. The number of nitrogens with zero attached hydrogens (tertiary/aromatic N) is 3.